The maximum absolute atomic E-state index is 11.1. The second-order valence-electron chi connectivity index (χ2n) is 0.949. The second kappa shape index (κ2) is 4.12. The Kier molecular flexibility index (Phi) is 4.09. The van der Waals surface area contributed by atoms with Crippen LogP contribution >= 0.6 is 11.8 Å². The number of thioether (sulfide) groups is 1. The van der Waals surface area contributed by atoms with E-state index in [0.29, 0.717) is 5.75 Å². The maximum Gasteiger partial charge on any atom is 0.267 e. The third-order valence-electron chi connectivity index (χ3n) is 0.404. The molecule has 0 aromatic heterocycles. The molecule has 3 heteroatoms. The SMILES string of the molecule is CSCC=C(F)F. The minimum Gasteiger partial charge on any atom is -0.174 e. The summed E-state index contributed by atoms with van der Waals surface area (Å²) in [4.78, 5) is 0. The van der Waals surface area contributed by atoms with E-state index in [1.54, 1.807) is 6.26 Å². The van der Waals surface area contributed by atoms with Crippen molar-refractivity contribution in [2.45, 2.75) is 0 Å². The van der Waals surface area contributed by atoms with Crippen LogP contribution in [0.5, 0.6) is 0 Å². The summed E-state index contributed by atoms with van der Waals surface area (Å²) >= 11 is 1.37. The van der Waals surface area contributed by atoms with Crippen LogP contribution in [-0.2, 0) is 0 Å². The largest absolute Gasteiger partial charge is 0.267 e. The zero-order chi connectivity index (χ0) is 5.70. The Morgan fingerprint density at radius 2 is 2.29 bits per heavy atom. The monoisotopic (exact) mass is 124 g/mol. The average Bonchev–Trinajstić information content (AvgIpc) is 1.61. The van der Waals surface area contributed by atoms with Gasteiger partial charge >= 0.3 is 0 Å². The molecular weight excluding hydrogens is 118 g/mol. The maximum atomic E-state index is 11.1. The van der Waals surface area contributed by atoms with Crippen LogP contribution in [0, 0.1) is 0 Å². The minimum atomic E-state index is -1.59. The molecule has 0 rings (SSSR count). The molecule has 0 nitrogen and oxygen atoms in total. The van der Waals surface area contributed by atoms with E-state index in [4.69, 9.17) is 0 Å². The molecule has 0 aromatic carbocycles. The molecular formula is C4H6F2S. The van der Waals surface area contributed by atoms with Crippen LogP contribution < -0.4 is 0 Å². The highest BCUT2D eigenvalue weighted by molar-refractivity contribution is 7.98. The Morgan fingerprint density at radius 1 is 1.71 bits per heavy atom. The van der Waals surface area contributed by atoms with Crippen molar-refractivity contribution < 1.29 is 8.78 Å². The third kappa shape index (κ3) is 5.95. The minimum absolute atomic E-state index is 0.405. The van der Waals surface area contributed by atoms with Gasteiger partial charge in [-0.3, -0.25) is 0 Å². The summed E-state index contributed by atoms with van der Waals surface area (Å²) in [6.07, 6.45) is 1.08. The van der Waals surface area contributed by atoms with E-state index in [1.807, 2.05) is 0 Å². The Morgan fingerprint density at radius 3 is 2.43 bits per heavy atom. The Balaban J connectivity index is 3.08. The van der Waals surface area contributed by atoms with Gasteiger partial charge in [0, 0.05) is 5.75 Å². The first-order valence-electron chi connectivity index (χ1n) is 1.77. The molecule has 0 heterocycles. The molecule has 0 aliphatic carbocycles. The zero-order valence-corrected chi connectivity index (χ0v) is 4.77. The lowest BCUT2D eigenvalue weighted by Crippen LogP contribution is -1.65. The fourth-order valence-corrected chi connectivity index (χ4v) is 0.439. The van der Waals surface area contributed by atoms with Crippen molar-refractivity contribution in [2.75, 3.05) is 12.0 Å². The standard InChI is InChI=1S/C4H6F2S/c1-7-3-2-4(5)6/h2H,3H2,1H3. The van der Waals surface area contributed by atoms with Crippen LogP contribution in [0.1, 0.15) is 0 Å². The van der Waals surface area contributed by atoms with Gasteiger partial charge in [-0.25, -0.2) is 0 Å². The fraction of sp³-hybridized carbons (Fsp3) is 0.500. The summed E-state index contributed by atoms with van der Waals surface area (Å²) < 4.78 is 22.1. The van der Waals surface area contributed by atoms with Crippen molar-refractivity contribution in [1.82, 2.24) is 0 Å². The highest BCUT2D eigenvalue weighted by Gasteiger charge is 1.82. The molecule has 0 bridgehead atoms. The van der Waals surface area contributed by atoms with Crippen LogP contribution in [0.25, 0.3) is 0 Å². The lowest BCUT2D eigenvalue weighted by Gasteiger charge is -1.79. The Bertz CT molecular complexity index is 66.1. The van der Waals surface area contributed by atoms with Crippen molar-refractivity contribution in [3.8, 4) is 0 Å². The van der Waals surface area contributed by atoms with E-state index >= 15 is 0 Å². The summed E-state index contributed by atoms with van der Waals surface area (Å²) in [5.41, 5.74) is 0. The number of rotatable bonds is 2. The van der Waals surface area contributed by atoms with Gasteiger partial charge < -0.3 is 0 Å². The molecule has 0 fully saturated rings. The normalized spacial score (nSPS) is 8.43. The van der Waals surface area contributed by atoms with Gasteiger partial charge in [-0.2, -0.15) is 20.5 Å². The fourth-order valence-electron chi connectivity index (χ4n) is 0.146. The van der Waals surface area contributed by atoms with Crippen LogP contribution in [0.15, 0.2) is 12.2 Å². The molecule has 42 valence electrons. The molecule has 0 aliphatic rings. The van der Waals surface area contributed by atoms with Gasteiger partial charge in [-0.05, 0) is 12.3 Å². The topological polar surface area (TPSA) is 0 Å². The average molecular weight is 124 g/mol. The first-order valence-corrected chi connectivity index (χ1v) is 3.17. The van der Waals surface area contributed by atoms with Crippen molar-refractivity contribution in [3.05, 3.63) is 12.2 Å². The first-order chi connectivity index (χ1) is 3.27. The van der Waals surface area contributed by atoms with Gasteiger partial charge in [-0.1, -0.05) is 0 Å². The Labute approximate surface area is 45.6 Å². The molecule has 0 atom stereocenters. The lowest BCUT2D eigenvalue weighted by atomic mass is 10.7. The molecule has 0 aliphatic heterocycles. The summed E-state index contributed by atoms with van der Waals surface area (Å²) in [6, 6.07) is 0. The number of halogens is 2. The summed E-state index contributed by atoms with van der Waals surface area (Å²) in [6.45, 7) is 0. The van der Waals surface area contributed by atoms with Gasteiger partial charge in [-0.15, -0.1) is 0 Å². The molecule has 0 radical (unpaired) electrons. The molecule has 0 saturated carbocycles. The highest BCUT2D eigenvalue weighted by Crippen LogP contribution is 1.99. The smallest absolute Gasteiger partial charge is 0.174 e. The van der Waals surface area contributed by atoms with Gasteiger partial charge in [0.1, 0.15) is 0 Å². The van der Waals surface area contributed by atoms with Gasteiger partial charge in [0.2, 0.25) is 0 Å². The first kappa shape index (κ1) is 6.95. The van der Waals surface area contributed by atoms with Crippen LogP contribution in [0.4, 0.5) is 8.78 Å². The molecule has 7 heavy (non-hydrogen) atoms. The van der Waals surface area contributed by atoms with Crippen LogP contribution in [0.3, 0.4) is 0 Å². The van der Waals surface area contributed by atoms with Gasteiger partial charge in [0.05, 0.1) is 0 Å². The number of hydrogen-bond acceptors (Lipinski definition) is 1. The van der Waals surface area contributed by atoms with Crippen molar-refractivity contribution in [3.63, 3.8) is 0 Å². The predicted octanol–water partition coefficient (Wildman–Crippen LogP) is 2.13. The van der Waals surface area contributed by atoms with Gasteiger partial charge in [0.25, 0.3) is 6.08 Å². The lowest BCUT2D eigenvalue weighted by molar-refractivity contribution is 0.420. The van der Waals surface area contributed by atoms with E-state index in [1.165, 1.54) is 11.8 Å². The second-order valence-corrected chi connectivity index (χ2v) is 1.86. The van der Waals surface area contributed by atoms with E-state index in [0.717, 1.165) is 6.08 Å². The molecule has 0 saturated heterocycles. The van der Waals surface area contributed by atoms with Crippen LogP contribution in [0.2, 0.25) is 0 Å². The number of hydrogen-bond donors (Lipinski definition) is 0. The summed E-state index contributed by atoms with van der Waals surface area (Å²) in [5, 5.41) is 0. The van der Waals surface area contributed by atoms with Gasteiger partial charge in [0.15, 0.2) is 0 Å². The zero-order valence-electron chi connectivity index (χ0n) is 3.95. The van der Waals surface area contributed by atoms with Crippen LogP contribution in [-0.4, -0.2) is 12.0 Å². The van der Waals surface area contributed by atoms with E-state index in [-0.39, 0.29) is 0 Å². The highest BCUT2D eigenvalue weighted by atomic mass is 32.2. The third-order valence-corrected chi connectivity index (χ3v) is 0.904. The molecule has 0 spiro atoms. The van der Waals surface area contributed by atoms with Crippen molar-refractivity contribution in [1.29, 1.82) is 0 Å². The molecule has 0 N–H and O–H groups in total. The quantitative estimate of drug-likeness (QED) is 0.543. The van der Waals surface area contributed by atoms with Crippen molar-refractivity contribution in [2.24, 2.45) is 0 Å². The van der Waals surface area contributed by atoms with E-state index in [9.17, 15) is 8.78 Å². The summed E-state index contributed by atoms with van der Waals surface area (Å²) in [7, 11) is 0. The molecule has 0 unspecified atom stereocenters. The predicted molar refractivity (Wildman–Crippen MR) is 28.7 cm³/mol. The van der Waals surface area contributed by atoms with E-state index < -0.39 is 6.08 Å². The molecule has 0 aromatic rings. The summed E-state index contributed by atoms with van der Waals surface area (Å²) in [5.74, 6) is 0.405. The molecule has 0 amide bonds. The van der Waals surface area contributed by atoms with E-state index in [2.05, 4.69) is 0 Å². The van der Waals surface area contributed by atoms with Crippen molar-refractivity contribution >= 4 is 11.8 Å². The Hall–Kier alpha value is -0.0500.